The largest absolute Gasteiger partial charge is 0.497 e. The van der Waals surface area contributed by atoms with Gasteiger partial charge in [-0.3, -0.25) is 4.31 Å². The van der Waals surface area contributed by atoms with Gasteiger partial charge in [0, 0.05) is 12.6 Å². The summed E-state index contributed by atoms with van der Waals surface area (Å²) in [5.41, 5.74) is 2.57. The van der Waals surface area contributed by atoms with E-state index < -0.39 is 10.0 Å². The quantitative estimate of drug-likeness (QED) is 0.852. The molecule has 0 radical (unpaired) electrons. The Hall–Kier alpha value is -2.21. The minimum absolute atomic E-state index is 0.195. The Morgan fingerprint density at radius 2 is 1.83 bits per heavy atom. The van der Waals surface area contributed by atoms with Gasteiger partial charge < -0.3 is 9.47 Å². The predicted octanol–water partition coefficient (Wildman–Crippen LogP) is 3.15. The number of methoxy groups -OCH3 is 2. The van der Waals surface area contributed by atoms with E-state index in [4.69, 9.17) is 9.47 Å². The number of fused-ring (bicyclic) bond motifs is 1. The predicted molar refractivity (Wildman–Crippen MR) is 93.6 cm³/mol. The van der Waals surface area contributed by atoms with Crippen LogP contribution in [0.4, 0.5) is 5.69 Å². The molecule has 2 aromatic carbocycles. The Morgan fingerprint density at radius 3 is 2.54 bits per heavy atom. The Morgan fingerprint density at radius 1 is 1.04 bits per heavy atom. The standard InChI is InChI=1S/C18H21NO4S/c1-13-6-9-17(23-3)18(11-13)24(20,21)19-10-4-5-14-7-8-15(22-2)12-16(14)19/h6-9,11-12H,4-5,10H2,1-3H3. The second-order valence-electron chi connectivity index (χ2n) is 5.83. The van der Waals surface area contributed by atoms with Gasteiger partial charge in [0.25, 0.3) is 10.0 Å². The minimum atomic E-state index is -3.71. The SMILES string of the molecule is COc1ccc2c(c1)N(S(=O)(=O)c1cc(C)ccc1OC)CCC2. The molecule has 128 valence electrons. The van der Waals surface area contributed by atoms with Gasteiger partial charge in [-0.1, -0.05) is 12.1 Å². The smallest absolute Gasteiger partial charge is 0.268 e. The van der Waals surface area contributed by atoms with Crippen LogP contribution in [0.3, 0.4) is 0 Å². The Labute approximate surface area is 142 Å². The lowest BCUT2D eigenvalue weighted by atomic mass is 10.0. The monoisotopic (exact) mass is 347 g/mol. The molecule has 0 saturated heterocycles. The van der Waals surface area contributed by atoms with Crippen LogP contribution in [0.1, 0.15) is 17.5 Å². The Balaban J connectivity index is 2.15. The van der Waals surface area contributed by atoms with Crippen molar-refractivity contribution < 1.29 is 17.9 Å². The molecule has 0 aromatic heterocycles. The number of anilines is 1. The summed E-state index contributed by atoms with van der Waals surface area (Å²) in [6.45, 7) is 2.31. The highest BCUT2D eigenvalue weighted by Crippen LogP contribution is 2.37. The van der Waals surface area contributed by atoms with Gasteiger partial charge in [0.05, 0.1) is 19.9 Å². The molecule has 1 aliphatic heterocycles. The van der Waals surface area contributed by atoms with E-state index in [1.54, 1.807) is 25.3 Å². The van der Waals surface area contributed by atoms with Crippen molar-refractivity contribution in [3.63, 3.8) is 0 Å². The first-order chi connectivity index (χ1) is 11.5. The van der Waals surface area contributed by atoms with Gasteiger partial charge in [-0.15, -0.1) is 0 Å². The summed E-state index contributed by atoms with van der Waals surface area (Å²) < 4.78 is 38.6. The molecule has 0 unspecified atom stereocenters. The van der Waals surface area contributed by atoms with Crippen molar-refractivity contribution in [1.29, 1.82) is 0 Å². The van der Waals surface area contributed by atoms with E-state index in [9.17, 15) is 8.42 Å². The van der Waals surface area contributed by atoms with Crippen LogP contribution in [0.2, 0.25) is 0 Å². The molecule has 0 aliphatic carbocycles. The molecule has 1 heterocycles. The maximum absolute atomic E-state index is 13.3. The van der Waals surface area contributed by atoms with Crippen LogP contribution in [0.25, 0.3) is 0 Å². The van der Waals surface area contributed by atoms with Crippen molar-refractivity contribution in [3.8, 4) is 11.5 Å². The molecule has 0 N–H and O–H groups in total. The first-order valence-corrected chi connectivity index (χ1v) is 9.25. The second-order valence-corrected chi connectivity index (χ2v) is 7.66. The number of nitrogens with zero attached hydrogens (tertiary/aromatic N) is 1. The molecule has 0 bridgehead atoms. The summed E-state index contributed by atoms with van der Waals surface area (Å²) in [5.74, 6) is 1.00. The van der Waals surface area contributed by atoms with Crippen LogP contribution in [-0.4, -0.2) is 29.2 Å². The zero-order valence-electron chi connectivity index (χ0n) is 14.1. The van der Waals surface area contributed by atoms with Crippen molar-refractivity contribution in [1.82, 2.24) is 0 Å². The Kier molecular flexibility index (Phi) is 4.41. The summed E-state index contributed by atoms with van der Waals surface area (Å²) in [7, 11) is -0.654. The summed E-state index contributed by atoms with van der Waals surface area (Å²) in [5, 5.41) is 0. The zero-order chi connectivity index (χ0) is 17.3. The summed E-state index contributed by atoms with van der Waals surface area (Å²) in [6, 6.07) is 10.8. The lowest BCUT2D eigenvalue weighted by Crippen LogP contribution is -2.35. The number of aryl methyl sites for hydroxylation is 2. The molecule has 0 saturated carbocycles. The van der Waals surface area contributed by atoms with E-state index in [0.717, 1.165) is 24.0 Å². The van der Waals surface area contributed by atoms with Crippen molar-refractivity contribution in [2.24, 2.45) is 0 Å². The van der Waals surface area contributed by atoms with Gasteiger partial charge in [0.15, 0.2) is 0 Å². The molecule has 2 aromatic rings. The van der Waals surface area contributed by atoms with Gasteiger partial charge in [0.2, 0.25) is 0 Å². The fraction of sp³-hybridized carbons (Fsp3) is 0.333. The van der Waals surface area contributed by atoms with Gasteiger partial charge in [0.1, 0.15) is 16.4 Å². The van der Waals surface area contributed by atoms with Gasteiger partial charge >= 0.3 is 0 Å². The number of benzene rings is 2. The summed E-state index contributed by atoms with van der Waals surface area (Å²) >= 11 is 0. The first kappa shape index (κ1) is 16.6. The zero-order valence-corrected chi connectivity index (χ0v) is 14.9. The van der Waals surface area contributed by atoms with E-state index in [2.05, 4.69) is 0 Å². The van der Waals surface area contributed by atoms with Crippen LogP contribution < -0.4 is 13.8 Å². The van der Waals surface area contributed by atoms with Crippen molar-refractivity contribution in [3.05, 3.63) is 47.5 Å². The number of rotatable bonds is 4. The highest BCUT2D eigenvalue weighted by atomic mass is 32.2. The third-order valence-electron chi connectivity index (χ3n) is 4.26. The van der Waals surface area contributed by atoms with E-state index in [0.29, 0.717) is 23.7 Å². The van der Waals surface area contributed by atoms with Gasteiger partial charge in [-0.05, 0) is 49.1 Å². The second kappa shape index (κ2) is 6.36. The van der Waals surface area contributed by atoms with Crippen LogP contribution >= 0.6 is 0 Å². The van der Waals surface area contributed by atoms with E-state index in [1.165, 1.54) is 11.4 Å². The van der Waals surface area contributed by atoms with Gasteiger partial charge in [-0.2, -0.15) is 0 Å². The number of hydrogen-bond donors (Lipinski definition) is 0. The average Bonchev–Trinajstić information content (AvgIpc) is 2.60. The highest BCUT2D eigenvalue weighted by molar-refractivity contribution is 7.93. The third-order valence-corrected chi connectivity index (χ3v) is 6.09. The maximum Gasteiger partial charge on any atom is 0.268 e. The van der Waals surface area contributed by atoms with E-state index in [1.807, 2.05) is 25.1 Å². The number of hydrogen-bond acceptors (Lipinski definition) is 4. The molecule has 0 amide bonds. The maximum atomic E-state index is 13.3. The summed E-state index contributed by atoms with van der Waals surface area (Å²) in [6.07, 6.45) is 1.64. The van der Waals surface area contributed by atoms with Crippen molar-refractivity contribution in [2.75, 3.05) is 25.1 Å². The molecule has 5 nitrogen and oxygen atoms in total. The highest BCUT2D eigenvalue weighted by Gasteiger charge is 2.31. The molecular formula is C18H21NO4S. The van der Waals surface area contributed by atoms with Crippen molar-refractivity contribution in [2.45, 2.75) is 24.7 Å². The summed E-state index contributed by atoms with van der Waals surface area (Å²) in [4.78, 5) is 0.195. The molecule has 3 rings (SSSR count). The molecule has 24 heavy (non-hydrogen) atoms. The number of sulfonamides is 1. The topological polar surface area (TPSA) is 55.8 Å². The lowest BCUT2D eigenvalue weighted by molar-refractivity contribution is 0.402. The fourth-order valence-corrected chi connectivity index (χ4v) is 4.78. The van der Waals surface area contributed by atoms with Crippen LogP contribution in [0.15, 0.2) is 41.3 Å². The average molecular weight is 347 g/mol. The van der Waals surface area contributed by atoms with Gasteiger partial charge in [-0.25, -0.2) is 8.42 Å². The molecule has 0 atom stereocenters. The first-order valence-electron chi connectivity index (χ1n) is 7.81. The van der Waals surface area contributed by atoms with Crippen molar-refractivity contribution >= 4 is 15.7 Å². The Bertz CT molecular complexity index is 861. The number of ether oxygens (including phenoxy) is 2. The normalized spacial score (nSPS) is 14.2. The fourth-order valence-electron chi connectivity index (χ4n) is 3.00. The van der Waals surface area contributed by atoms with E-state index in [-0.39, 0.29) is 4.90 Å². The molecule has 0 fully saturated rings. The molecule has 0 spiro atoms. The van der Waals surface area contributed by atoms with Crippen LogP contribution in [0, 0.1) is 6.92 Å². The van der Waals surface area contributed by atoms with E-state index >= 15 is 0 Å². The van der Waals surface area contributed by atoms with Crippen LogP contribution in [0.5, 0.6) is 11.5 Å². The molecule has 1 aliphatic rings. The molecule has 6 heteroatoms. The van der Waals surface area contributed by atoms with Crippen LogP contribution in [-0.2, 0) is 16.4 Å². The molecular weight excluding hydrogens is 326 g/mol. The minimum Gasteiger partial charge on any atom is -0.497 e. The third kappa shape index (κ3) is 2.82. The lowest BCUT2D eigenvalue weighted by Gasteiger charge is -2.31.